The highest BCUT2D eigenvalue weighted by Crippen LogP contribution is 2.19. The Bertz CT molecular complexity index is 438. The molecule has 1 aromatic rings. The summed E-state index contributed by atoms with van der Waals surface area (Å²) in [5.74, 6) is 5.09. The first-order valence-corrected chi connectivity index (χ1v) is 7.15. The number of carbonyl (C=O) groups is 1. The molecule has 0 atom stereocenters. The largest absolute Gasteiger partial charge is 0.459 e. The van der Waals surface area contributed by atoms with Crippen molar-refractivity contribution in [3.63, 3.8) is 0 Å². The SMILES string of the molecule is CCN1CCC(N(C)Cc2ccoc2C(=O)NN)CC1. The number of hydrogen-bond acceptors (Lipinski definition) is 5. The number of likely N-dealkylation sites (tertiary alicyclic amines) is 1. The Labute approximate surface area is 119 Å². The van der Waals surface area contributed by atoms with Gasteiger partial charge >= 0.3 is 5.91 Å². The summed E-state index contributed by atoms with van der Waals surface area (Å²) in [5.41, 5.74) is 3.00. The van der Waals surface area contributed by atoms with E-state index in [1.165, 1.54) is 19.1 Å². The third-order valence-corrected chi connectivity index (χ3v) is 4.13. The van der Waals surface area contributed by atoms with Crippen LogP contribution in [0.15, 0.2) is 16.7 Å². The van der Waals surface area contributed by atoms with Gasteiger partial charge < -0.3 is 9.32 Å². The van der Waals surface area contributed by atoms with Crippen molar-refractivity contribution in [2.75, 3.05) is 26.7 Å². The maximum atomic E-state index is 11.6. The Balaban J connectivity index is 1.93. The van der Waals surface area contributed by atoms with Gasteiger partial charge in [-0.25, -0.2) is 5.84 Å². The van der Waals surface area contributed by atoms with Crippen LogP contribution in [0.25, 0.3) is 0 Å². The lowest BCUT2D eigenvalue weighted by molar-refractivity contribution is 0.0919. The molecule has 1 fully saturated rings. The monoisotopic (exact) mass is 280 g/mol. The standard InChI is InChI=1S/C14H24N4O2/c1-3-18-7-4-12(5-8-18)17(2)10-11-6-9-20-13(11)14(19)16-15/h6,9,12H,3-5,7-8,10,15H2,1-2H3,(H,16,19). The third kappa shape index (κ3) is 3.39. The normalized spacial score (nSPS) is 17.6. The molecule has 6 nitrogen and oxygen atoms in total. The van der Waals surface area contributed by atoms with Gasteiger partial charge in [0.05, 0.1) is 6.26 Å². The van der Waals surface area contributed by atoms with Crippen molar-refractivity contribution in [3.8, 4) is 0 Å². The Morgan fingerprint density at radius 2 is 2.25 bits per heavy atom. The fraction of sp³-hybridized carbons (Fsp3) is 0.643. The van der Waals surface area contributed by atoms with Gasteiger partial charge in [-0.2, -0.15) is 0 Å². The summed E-state index contributed by atoms with van der Waals surface area (Å²) in [6.45, 7) is 6.32. The van der Waals surface area contributed by atoms with E-state index in [0.717, 1.165) is 25.2 Å². The number of hydrogen-bond donors (Lipinski definition) is 2. The zero-order valence-electron chi connectivity index (χ0n) is 12.3. The number of nitrogens with two attached hydrogens (primary N) is 1. The second kappa shape index (κ2) is 6.88. The van der Waals surface area contributed by atoms with Gasteiger partial charge in [-0.1, -0.05) is 6.92 Å². The average molecular weight is 280 g/mol. The van der Waals surface area contributed by atoms with E-state index in [1.54, 1.807) is 0 Å². The first kappa shape index (κ1) is 15.0. The first-order valence-electron chi connectivity index (χ1n) is 7.15. The maximum Gasteiger partial charge on any atom is 0.301 e. The van der Waals surface area contributed by atoms with Crippen LogP contribution < -0.4 is 11.3 Å². The number of piperidine rings is 1. The van der Waals surface area contributed by atoms with Gasteiger partial charge in [0, 0.05) is 18.2 Å². The van der Waals surface area contributed by atoms with Gasteiger partial charge in [0.2, 0.25) is 0 Å². The van der Waals surface area contributed by atoms with E-state index in [1.807, 2.05) is 6.07 Å². The summed E-state index contributed by atoms with van der Waals surface area (Å²) in [7, 11) is 2.10. The number of amides is 1. The molecular weight excluding hydrogens is 256 g/mol. The second-order valence-electron chi connectivity index (χ2n) is 5.33. The predicted octanol–water partition coefficient (Wildman–Crippen LogP) is 0.799. The molecule has 1 aromatic heterocycles. The minimum atomic E-state index is -0.376. The van der Waals surface area contributed by atoms with Crippen molar-refractivity contribution in [3.05, 3.63) is 23.7 Å². The molecule has 6 heteroatoms. The summed E-state index contributed by atoms with van der Waals surface area (Å²) in [6.07, 6.45) is 3.87. The van der Waals surface area contributed by atoms with Crippen LogP contribution in [0.4, 0.5) is 0 Å². The summed E-state index contributed by atoms with van der Waals surface area (Å²) in [5, 5.41) is 0. The second-order valence-corrected chi connectivity index (χ2v) is 5.33. The molecule has 112 valence electrons. The lowest BCUT2D eigenvalue weighted by Gasteiger charge is -2.36. The molecule has 20 heavy (non-hydrogen) atoms. The maximum absolute atomic E-state index is 11.6. The van der Waals surface area contributed by atoms with Crippen molar-refractivity contribution in [1.82, 2.24) is 15.2 Å². The van der Waals surface area contributed by atoms with Gasteiger partial charge in [0.25, 0.3) is 0 Å². The smallest absolute Gasteiger partial charge is 0.301 e. The minimum Gasteiger partial charge on any atom is -0.459 e. The molecule has 0 unspecified atom stereocenters. The molecule has 0 spiro atoms. The average Bonchev–Trinajstić information content (AvgIpc) is 2.94. The number of furan rings is 1. The zero-order chi connectivity index (χ0) is 14.5. The Morgan fingerprint density at radius 1 is 1.55 bits per heavy atom. The molecule has 1 saturated heterocycles. The highest BCUT2D eigenvalue weighted by atomic mass is 16.3. The number of nitrogens with one attached hydrogen (secondary N) is 1. The van der Waals surface area contributed by atoms with Gasteiger partial charge in [-0.05, 0) is 45.6 Å². The van der Waals surface area contributed by atoms with Crippen molar-refractivity contribution >= 4 is 5.91 Å². The van der Waals surface area contributed by atoms with E-state index in [4.69, 9.17) is 10.3 Å². The number of nitrogens with zero attached hydrogens (tertiary/aromatic N) is 2. The van der Waals surface area contributed by atoms with Crippen LogP contribution >= 0.6 is 0 Å². The molecule has 2 heterocycles. The summed E-state index contributed by atoms with van der Waals surface area (Å²) in [6, 6.07) is 2.39. The third-order valence-electron chi connectivity index (χ3n) is 4.13. The van der Waals surface area contributed by atoms with Crippen LogP contribution in [0.1, 0.15) is 35.9 Å². The zero-order valence-corrected chi connectivity index (χ0v) is 12.3. The van der Waals surface area contributed by atoms with Crippen LogP contribution in [-0.2, 0) is 6.54 Å². The molecular formula is C14H24N4O2. The predicted molar refractivity (Wildman–Crippen MR) is 77.0 cm³/mol. The van der Waals surface area contributed by atoms with E-state index < -0.39 is 0 Å². The van der Waals surface area contributed by atoms with Crippen molar-refractivity contribution < 1.29 is 9.21 Å². The van der Waals surface area contributed by atoms with Gasteiger partial charge in [-0.3, -0.25) is 15.1 Å². The molecule has 1 amide bonds. The molecule has 0 aromatic carbocycles. The van der Waals surface area contributed by atoms with Crippen LogP contribution in [0, 0.1) is 0 Å². The lowest BCUT2D eigenvalue weighted by atomic mass is 10.0. The number of nitrogen functional groups attached to an aromatic ring is 1. The van der Waals surface area contributed by atoms with Crippen LogP contribution in [0.5, 0.6) is 0 Å². The Kier molecular flexibility index (Phi) is 5.17. The van der Waals surface area contributed by atoms with Crippen molar-refractivity contribution in [2.45, 2.75) is 32.4 Å². The Morgan fingerprint density at radius 3 is 2.85 bits per heavy atom. The first-order chi connectivity index (χ1) is 9.65. The van der Waals surface area contributed by atoms with Gasteiger partial charge in [-0.15, -0.1) is 0 Å². The lowest BCUT2D eigenvalue weighted by Crippen LogP contribution is -2.43. The summed E-state index contributed by atoms with van der Waals surface area (Å²) >= 11 is 0. The molecule has 0 aliphatic carbocycles. The fourth-order valence-corrected chi connectivity index (χ4v) is 2.80. The van der Waals surface area contributed by atoms with Crippen LogP contribution in [0.2, 0.25) is 0 Å². The topological polar surface area (TPSA) is 74.7 Å². The molecule has 0 saturated carbocycles. The van der Waals surface area contributed by atoms with Gasteiger partial charge in [0.1, 0.15) is 0 Å². The molecule has 3 N–H and O–H groups in total. The van der Waals surface area contributed by atoms with E-state index in [0.29, 0.717) is 18.3 Å². The van der Waals surface area contributed by atoms with E-state index in [9.17, 15) is 4.79 Å². The van der Waals surface area contributed by atoms with E-state index >= 15 is 0 Å². The molecule has 1 aliphatic rings. The summed E-state index contributed by atoms with van der Waals surface area (Å²) in [4.78, 5) is 16.3. The van der Waals surface area contributed by atoms with Gasteiger partial charge in [0.15, 0.2) is 5.76 Å². The summed E-state index contributed by atoms with van der Waals surface area (Å²) < 4.78 is 5.21. The minimum absolute atomic E-state index is 0.311. The van der Waals surface area contributed by atoms with Crippen LogP contribution in [-0.4, -0.2) is 48.4 Å². The van der Waals surface area contributed by atoms with Crippen molar-refractivity contribution in [2.24, 2.45) is 5.84 Å². The molecule has 2 rings (SSSR count). The Hall–Kier alpha value is -1.37. The molecule has 0 bridgehead atoms. The quantitative estimate of drug-likeness (QED) is 0.474. The number of hydrazine groups is 1. The molecule has 0 radical (unpaired) electrons. The van der Waals surface area contributed by atoms with E-state index in [-0.39, 0.29) is 5.91 Å². The highest BCUT2D eigenvalue weighted by Gasteiger charge is 2.23. The van der Waals surface area contributed by atoms with Crippen LogP contribution in [0.3, 0.4) is 0 Å². The number of carbonyl (C=O) groups excluding carboxylic acids is 1. The number of rotatable bonds is 5. The molecule has 1 aliphatic heterocycles. The highest BCUT2D eigenvalue weighted by molar-refractivity contribution is 5.92. The van der Waals surface area contributed by atoms with Crippen molar-refractivity contribution in [1.29, 1.82) is 0 Å². The van der Waals surface area contributed by atoms with E-state index in [2.05, 4.69) is 29.2 Å². The fourth-order valence-electron chi connectivity index (χ4n) is 2.80.